The average molecular weight is 358 g/mol. The molecule has 1 aliphatic heterocycles. The molecule has 0 aliphatic carbocycles. The fourth-order valence-corrected chi connectivity index (χ4v) is 2.88. The molecule has 1 aromatic heterocycles. The van der Waals surface area contributed by atoms with Crippen LogP contribution in [0.1, 0.15) is 24.8 Å². The molecule has 0 saturated carbocycles. The maximum Gasteiger partial charge on any atom is 0.229 e. The summed E-state index contributed by atoms with van der Waals surface area (Å²) in [5.41, 5.74) is 1.90. The van der Waals surface area contributed by atoms with E-state index in [1.165, 1.54) is 11.2 Å². The number of aliphatic hydroxyl groups excluding tert-OH is 1. The van der Waals surface area contributed by atoms with Gasteiger partial charge in [0.2, 0.25) is 17.7 Å². The first-order chi connectivity index (χ1) is 12.7. The van der Waals surface area contributed by atoms with E-state index in [0.717, 1.165) is 17.0 Å². The van der Waals surface area contributed by atoms with Crippen LogP contribution in [0.3, 0.4) is 0 Å². The summed E-state index contributed by atoms with van der Waals surface area (Å²) < 4.78 is 11.0. The second kappa shape index (κ2) is 8.53. The Balaban J connectivity index is 1.47. The van der Waals surface area contributed by atoms with E-state index in [0.29, 0.717) is 38.2 Å². The van der Waals surface area contributed by atoms with Crippen LogP contribution in [-0.2, 0) is 16.0 Å². The molecule has 2 N–H and O–H groups in total. The third-order valence-electron chi connectivity index (χ3n) is 4.17. The lowest BCUT2D eigenvalue weighted by molar-refractivity contribution is -0.119. The van der Waals surface area contributed by atoms with Crippen LogP contribution in [0.15, 0.2) is 41.0 Å². The maximum atomic E-state index is 12.3. The van der Waals surface area contributed by atoms with Crippen LogP contribution in [0.4, 0.5) is 11.6 Å². The molecular weight excluding hydrogens is 336 g/mol. The summed E-state index contributed by atoms with van der Waals surface area (Å²) in [4.78, 5) is 25.1. The number of carbonyl (C=O) groups is 2. The molecule has 7 nitrogen and oxygen atoms in total. The van der Waals surface area contributed by atoms with Crippen LogP contribution in [-0.4, -0.2) is 36.7 Å². The predicted octanol–water partition coefficient (Wildman–Crippen LogP) is 2.35. The zero-order valence-corrected chi connectivity index (χ0v) is 14.4. The Morgan fingerprint density at radius 1 is 1.31 bits per heavy atom. The topological polar surface area (TPSA) is 92.0 Å². The molecule has 0 unspecified atom stereocenters. The minimum Gasteiger partial charge on any atom is -0.494 e. The van der Waals surface area contributed by atoms with E-state index in [-0.39, 0.29) is 25.0 Å². The zero-order valence-electron chi connectivity index (χ0n) is 14.4. The molecule has 0 saturated heterocycles. The van der Waals surface area contributed by atoms with Gasteiger partial charge in [0, 0.05) is 24.6 Å². The van der Waals surface area contributed by atoms with E-state index >= 15 is 0 Å². The number of furan rings is 1. The van der Waals surface area contributed by atoms with Crippen molar-refractivity contribution >= 4 is 23.4 Å². The number of anilines is 2. The molecule has 0 radical (unpaired) electrons. The molecule has 7 heteroatoms. The van der Waals surface area contributed by atoms with Crippen molar-refractivity contribution in [3.05, 3.63) is 42.2 Å². The third kappa shape index (κ3) is 4.43. The lowest BCUT2D eigenvalue weighted by Gasteiger charge is -2.19. The second-order valence-corrected chi connectivity index (χ2v) is 6.04. The number of hydrogen-bond donors (Lipinski definition) is 2. The van der Waals surface area contributed by atoms with Gasteiger partial charge in [-0.05, 0) is 42.7 Å². The Labute approximate surface area is 151 Å². The molecule has 2 aromatic rings. The Kier molecular flexibility index (Phi) is 5.91. The van der Waals surface area contributed by atoms with Gasteiger partial charge in [0.05, 0.1) is 26.0 Å². The number of nitrogens with zero attached hydrogens (tertiary/aromatic N) is 1. The first kappa shape index (κ1) is 18.0. The first-order valence-corrected chi connectivity index (χ1v) is 8.67. The number of carbonyl (C=O) groups excluding carboxylic acids is 2. The van der Waals surface area contributed by atoms with Crippen molar-refractivity contribution in [1.82, 2.24) is 0 Å². The van der Waals surface area contributed by atoms with Gasteiger partial charge in [0.15, 0.2) is 0 Å². The van der Waals surface area contributed by atoms with Crippen LogP contribution in [0.5, 0.6) is 5.75 Å². The van der Waals surface area contributed by atoms with Crippen LogP contribution in [0.2, 0.25) is 0 Å². The van der Waals surface area contributed by atoms with Crippen molar-refractivity contribution in [1.29, 1.82) is 0 Å². The summed E-state index contributed by atoms with van der Waals surface area (Å²) in [5.74, 6) is 1.08. The fourth-order valence-electron chi connectivity index (χ4n) is 2.88. The zero-order chi connectivity index (χ0) is 18.4. The van der Waals surface area contributed by atoms with Crippen LogP contribution < -0.4 is 15.0 Å². The number of amides is 2. The van der Waals surface area contributed by atoms with E-state index in [1.807, 2.05) is 18.2 Å². The van der Waals surface area contributed by atoms with Crippen LogP contribution >= 0.6 is 0 Å². The van der Waals surface area contributed by atoms with E-state index < -0.39 is 0 Å². The Morgan fingerprint density at radius 2 is 2.19 bits per heavy atom. The lowest BCUT2D eigenvalue weighted by Crippen LogP contribution is -2.33. The third-order valence-corrected chi connectivity index (χ3v) is 4.17. The van der Waals surface area contributed by atoms with Gasteiger partial charge in [-0.2, -0.15) is 0 Å². The average Bonchev–Trinajstić information content (AvgIpc) is 3.17. The molecule has 1 aromatic carbocycles. The molecule has 26 heavy (non-hydrogen) atoms. The minimum absolute atomic E-state index is 0.0358. The van der Waals surface area contributed by atoms with Crippen molar-refractivity contribution in [3.63, 3.8) is 0 Å². The van der Waals surface area contributed by atoms with Gasteiger partial charge in [-0.15, -0.1) is 0 Å². The highest BCUT2D eigenvalue weighted by Crippen LogP contribution is 2.27. The molecule has 0 atom stereocenters. The second-order valence-electron chi connectivity index (χ2n) is 6.04. The number of benzene rings is 1. The van der Waals surface area contributed by atoms with Crippen molar-refractivity contribution in [3.8, 4) is 5.75 Å². The van der Waals surface area contributed by atoms with Crippen molar-refractivity contribution in [2.75, 3.05) is 30.0 Å². The molecule has 2 heterocycles. The maximum absolute atomic E-state index is 12.3. The monoisotopic (exact) mass is 358 g/mol. The fraction of sp³-hybridized carbons (Fsp3) is 0.368. The summed E-state index contributed by atoms with van der Waals surface area (Å²) in [6, 6.07) is 8.97. The molecule has 0 bridgehead atoms. The summed E-state index contributed by atoms with van der Waals surface area (Å²) in [6.07, 6.45) is 3.53. The molecular formula is C19H22N2O5. The number of aliphatic hydroxyl groups is 1. The first-order valence-electron chi connectivity index (χ1n) is 8.67. The standard InChI is InChI=1S/C19H22N2O5/c22-10-9-21(19-4-2-12-26-19)18(24)3-1-11-25-15-6-7-16-14(13-15)5-8-17(23)20-16/h2,4,6-7,12-13,22H,1,3,5,8-11H2,(H,20,23). The number of ether oxygens (including phenoxy) is 1. The van der Waals surface area contributed by atoms with Gasteiger partial charge < -0.3 is 19.6 Å². The van der Waals surface area contributed by atoms with E-state index in [2.05, 4.69) is 5.32 Å². The highest BCUT2D eigenvalue weighted by atomic mass is 16.5. The van der Waals surface area contributed by atoms with Gasteiger partial charge in [-0.3, -0.25) is 14.5 Å². The summed E-state index contributed by atoms with van der Waals surface area (Å²) >= 11 is 0. The molecule has 2 amide bonds. The minimum atomic E-state index is -0.130. The van der Waals surface area contributed by atoms with Crippen molar-refractivity contribution in [2.45, 2.75) is 25.7 Å². The highest BCUT2D eigenvalue weighted by Gasteiger charge is 2.17. The number of rotatable bonds is 8. The summed E-state index contributed by atoms with van der Waals surface area (Å²) in [7, 11) is 0. The molecule has 138 valence electrons. The lowest BCUT2D eigenvalue weighted by atomic mass is 10.0. The number of aryl methyl sites for hydroxylation is 1. The van der Waals surface area contributed by atoms with Crippen molar-refractivity contribution < 1.29 is 23.8 Å². The number of fused-ring (bicyclic) bond motifs is 1. The molecule has 0 fully saturated rings. The highest BCUT2D eigenvalue weighted by molar-refractivity contribution is 5.94. The number of hydrogen-bond acceptors (Lipinski definition) is 5. The Morgan fingerprint density at radius 3 is 2.96 bits per heavy atom. The molecule has 0 spiro atoms. The number of nitrogens with one attached hydrogen (secondary N) is 1. The SMILES string of the molecule is O=C1CCc2cc(OCCCC(=O)N(CCO)c3ccco3)ccc2N1. The molecule has 3 rings (SSSR count). The molecule has 1 aliphatic rings. The quantitative estimate of drug-likeness (QED) is 0.707. The normalized spacial score (nSPS) is 13.0. The van der Waals surface area contributed by atoms with Gasteiger partial charge in [0.25, 0.3) is 0 Å². The van der Waals surface area contributed by atoms with E-state index in [4.69, 9.17) is 14.3 Å². The van der Waals surface area contributed by atoms with Gasteiger partial charge in [-0.25, -0.2) is 0 Å². The van der Waals surface area contributed by atoms with Gasteiger partial charge in [-0.1, -0.05) is 0 Å². The van der Waals surface area contributed by atoms with Gasteiger partial charge >= 0.3 is 0 Å². The predicted molar refractivity (Wildman–Crippen MR) is 96.3 cm³/mol. The van der Waals surface area contributed by atoms with Crippen LogP contribution in [0, 0.1) is 0 Å². The van der Waals surface area contributed by atoms with Crippen LogP contribution in [0.25, 0.3) is 0 Å². The van der Waals surface area contributed by atoms with E-state index in [9.17, 15) is 9.59 Å². The van der Waals surface area contributed by atoms with E-state index in [1.54, 1.807) is 12.1 Å². The summed E-state index contributed by atoms with van der Waals surface area (Å²) in [5, 5.41) is 12.0. The summed E-state index contributed by atoms with van der Waals surface area (Å²) in [6.45, 7) is 0.473. The van der Waals surface area contributed by atoms with Crippen molar-refractivity contribution in [2.24, 2.45) is 0 Å². The van der Waals surface area contributed by atoms with Gasteiger partial charge in [0.1, 0.15) is 5.75 Å². The smallest absolute Gasteiger partial charge is 0.229 e. The Bertz CT molecular complexity index is 757. The Hall–Kier alpha value is -2.80. The largest absolute Gasteiger partial charge is 0.494 e.